The van der Waals surface area contributed by atoms with Crippen molar-refractivity contribution in [2.75, 3.05) is 10.6 Å². The summed E-state index contributed by atoms with van der Waals surface area (Å²) in [5.74, 6) is -2.41. The predicted octanol–water partition coefficient (Wildman–Crippen LogP) is 1.50. The molecule has 0 aliphatic heterocycles. The fourth-order valence-electron chi connectivity index (χ4n) is 1.95. The van der Waals surface area contributed by atoms with E-state index in [-0.39, 0.29) is 17.2 Å². The number of aryl methyl sites for hydroxylation is 1. The Kier molecular flexibility index (Phi) is 5.29. The van der Waals surface area contributed by atoms with E-state index in [0.717, 1.165) is 23.3 Å². The number of hydrogen-bond acceptors (Lipinski definition) is 7. The topological polar surface area (TPSA) is 136 Å². The molecular formula is C14H17FN6O2S. The lowest BCUT2D eigenvalue weighted by Gasteiger charge is -2.16. The van der Waals surface area contributed by atoms with Gasteiger partial charge < -0.3 is 22.1 Å². The molecule has 0 radical (unpaired) electrons. The molecule has 2 aromatic rings. The van der Waals surface area contributed by atoms with E-state index < -0.39 is 23.7 Å². The summed E-state index contributed by atoms with van der Waals surface area (Å²) in [7, 11) is 0. The highest BCUT2D eigenvalue weighted by Crippen LogP contribution is 2.26. The van der Waals surface area contributed by atoms with Crippen LogP contribution in [-0.4, -0.2) is 27.2 Å². The summed E-state index contributed by atoms with van der Waals surface area (Å²) in [6, 6.07) is 1.91. The van der Waals surface area contributed by atoms with Crippen molar-refractivity contribution in [3.8, 4) is 0 Å². The molecule has 0 bridgehead atoms. The monoisotopic (exact) mass is 352 g/mol. The molecule has 0 aliphatic carbocycles. The van der Waals surface area contributed by atoms with Crippen molar-refractivity contribution < 1.29 is 14.0 Å². The van der Waals surface area contributed by atoms with E-state index in [1.54, 1.807) is 19.9 Å². The van der Waals surface area contributed by atoms with E-state index in [1.165, 1.54) is 0 Å². The van der Waals surface area contributed by atoms with Gasteiger partial charge in [-0.05, 0) is 37.0 Å². The number of nitrogens with two attached hydrogens (primary N) is 2. The van der Waals surface area contributed by atoms with Gasteiger partial charge in [-0.1, -0.05) is 6.92 Å². The molecule has 0 saturated carbocycles. The number of amides is 2. The average Bonchev–Trinajstić information content (AvgIpc) is 2.91. The van der Waals surface area contributed by atoms with E-state index in [2.05, 4.69) is 20.0 Å². The second kappa shape index (κ2) is 7.21. The molecule has 24 heavy (non-hydrogen) atoms. The fraction of sp³-hybridized carbons (Fsp3) is 0.286. The van der Waals surface area contributed by atoms with Gasteiger partial charge in [-0.3, -0.25) is 9.59 Å². The van der Waals surface area contributed by atoms with Gasteiger partial charge in [0.15, 0.2) is 11.6 Å². The van der Waals surface area contributed by atoms with Crippen LogP contribution in [0.15, 0.2) is 12.1 Å². The number of primary amides is 2. The number of aromatic nitrogens is 2. The zero-order valence-corrected chi connectivity index (χ0v) is 13.9. The first-order chi connectivity index (χ1) is 11.3. The predicted molar refractivity (Wildman–Crippen MR) is 89.7 cm³/mol. The third-order valence-corrected chi connectivity index (χ3v) is 3.97. The van der Waals surface area contributed by atoms with Gasteiger partial charge in [0.2, 0.25) is 5.91 Å². The standard InChI is InChI=1S/C14H17FN6O2S/c1-3-9(12(17)23)18-14-8(15)5-7(11(16)22)13(20-14)19-10-4-6(2)21-24-10/h4-5,9H,3H2,1-2H3,(H2,16,22)(H2,17,23)(H2,18,19,20)/t9-/m1/s1. The van der Waals surface area contributed by atoms with Crippen LogP contribution in [0, 0.1) is 12.7 Å². The van der Waals surface area contributed by atoms with E-state index in [0.29, 0.717) is 11.4 Å². The van der Waals surface area contributed by atoms with Crippen molar-refractivity contribution >= 4 is 40.0 Å². The molecule has 0 fully saturated rings. The Morgan fingerprint density at radius 2 is 2.04 bits per heavy atom. The molecule has 6 N–H and O–H groups in total. The normalized spacial score (nSPS) is 11.8. The fourth-order valence-corrected chi connectivity index (χ4v) is 2.61. The Bertz CT molecular complexity index is 779. The van der Waals surface area contributed by atoms with Gasteiger partial charge in [0.25, 0.3) is 5.91 Å². The molecule has 0 saturated heterocycles. The van der Waals surface area contributed by atoms with Crippen molar-refractivity contribution in [1.29, 1.82) is 0 Å². The molecule has 8 nitrogen and oxygen atoms in total. The third-order valence-electron chi connectivity index (χ3n) is 3.17. The molecule has 0 unspecified atom stereocenters. The molecule has 0 aromatic carbocycles. The van der Waals surface area contributed by atoms with Crippen LogP contribution in [-0.2, 0) is 4.79 Å². The summed E-state index contributed by atoms with van der Waals surface area (Å²) in [5, 5.41) is 6.13. The van der Waals surface area contributed by atoms with Crippen molar-refractivity contribution in [1.82, 2.24) is 9.36 Å². The smallest absolute Gasteiger partial charge is 0.252 e. The number of halogens is 1. The van der Waals surface area contributed by atoms with E-state index in [4.69, 9.17) is 11.5 Å². The Morgan fingerprint density at radius 1 is 1.33 bits per heavy atom. The molecule has 1 atom stereocenters. The second-order valence-corrected chi connectivity index (χ2v) is 5.85. The number of carbonyl (C=O) groups is 2. The molecule has 10 heteroatoms. The zero-order valence-electron chi connectivity index (χ0n) is 13.1. The Labute approximate surface area is 141 Å². The van der Waals surface area contributed by atoms with E-state index >= 15 is 0 Å². The number of pyridine rings is 1. The Hall–Kier alpha value is -2.75. The van der Waals surface area contributed by atoms with Crippen molar-refractivity contribution in [3.63, 3.8) is 0 Å². The Balaban J connectivity index is 2.41. The SMILES string of the molecule is CC[C@@H](Nc1nc(Nc2cc(C)ns2)c(C(N)=O)cc1F)C(N)=O. The average molecular weight is 352 g/mol. The Morgan fingerprint density at radius 3 is 2.54 bits per heavy atom. The minimum Gasteiger partial charge on any atom is -0.368 e. The van der Waals surface area contributed by atoms with Crippen LogP contribution in [0.3, 0.4) is 0 Å². The van der Waals surface area contributed by atoms with Crippen LogP contribution in [0.5, 0.6) is 0 Å². The van der Waals surface area contributed by atoms with Crippen molar-refractivity contribution in [2.45, 2.75) is 26.3 Å². The van der Waals surface area contributed by atoms with Gasteiger partial charge in [-0.15, -0.1) is 0 Å². The summed E-state index contributed by atoms with van der Waals surface area (Å²) in [6.45, 7) is 3.53. The molecule has 2 aromatic heterocycles. The van der Waals surface area contributed by atoms with Crippen LogP contribution >= 0.6 is 11.5 Å². The summed E-state index contributed by atoms with van der Waals surface area (Å²) >= 11 is 1.16. The molecule has 2 rings (SSSR count). The largest absolute Gasteiger partial charge is 0.368 e. The number of hydrogen-bond donors (Lipinski definition) is 4. The maximum atomic E-state index is 14.2. The summed E-state index contributed by atoms with van der Waals surface area (Å²) < 4.78 is 18.3. The number of anilines is 3. The first-order valence-corrected chi connectivity index (χ1v) is 7.85. The number of nitrogens with zero attached hydrogens (tertiary/aromatic N) is 2. The maximum absolute atomic E-state index is 14.2. The lowest BCUT2D eigenvalue weighted by atomic mass is 10.2. The van der Waals surface area contributed by atoms with Crippen LogP contribution in [0.2, 0.25) is 0 Å². The van der Waals surface area contributed by atoms with Gasteiger partial charge in [0, 0.05) is 0 Å². The van der Waals surface area contributed by atoms with Gasteiger partial charge in [0.1, 0.15) is 16.9 Å². The lowest BCUT2D eigenvalue weighted by molar-refractivity contribution is -0.118. The minimum absolute atomic E-state index is 0.0642. The highest BCUT2D eigenvalue weighted by atomic mass is 32.1. The molecule has 2 amide bonds. The summed E-state index contributed by atoms with van der Waals surface area (Å²) in [5.41, 5.74) is 11.2. The van der Waals surface area contributed by atoms with Crippen LogP contribution in [0.25, 0.3) is 0 Å². The van der Waals surface area contributed by atoms with Crippen molar-refractivity contribution in [2.24, 2.45) is 11.5 Å². The maximum Gasteiger partial charge on any atom is 0.252 e. The summed E-state index contributed by atoms with van der Waals surface area (Å²) in [6.07, 6.45) is 0.352. The van der Waals surface area contributed by atoms with Crippen LogP contribution in [0.4, 0.5) is 21.0 Å². The molecule has 2 heterocycles. The van der Waals surface area contributed by atoms with Crippen molar-refractivity contribution in [3.05, 3.63) is 29.2 Å². The highest BCUT2D eigenvalue weighted by molar-refractivity contribution is 7.10. The van der Waals surface area contributed by atoms with E-state index in [9.17, 15) is 14.0 Å². The highest BCUT2D eigenvalue weighted by Gasteiger charge is 2.20. The second-order valence-electron chi connectivity index (χ2n) is 5.04. The first-order valence-electron chi connectivity index (χ1n) is 7.08. The lowest BCUT2D eigenvalue weighted by Crippen LogP contribution is -2.35. The molecular weight excluding hydrogens is 335 g/mol. The number of nitrogens with one attached hydrogen (secondary N) is 2. The molecule has 0 aliphatic rings. The van der Waals surface area contributed by atoms with Gasteiger partial charge in [-0.25, -0.2) is 9.37 Å². The number of carbonyl (C=O) groups excluding carboxylic acids is 2. The van der Waals surface area contributed by atoms with Gasteiger partial charge in [0.05, 0.1) is 11.3 Å². The molecule has 0 spiro atoms. The minimum atomic E-state index is -0.835. The molecule has 128 valence electrons. The van der Waals surface area contributed by atoms with Gasteiger partial charge in [-0.2, -0.15) is 4.37 Å². The zero-order chi connectivity index (χ0) is 17.9. The van der Waals surface area contributed by atoms with Crippen LogP contribution in [0.1, 0.15) is 29.4 Å². The number of rotatable bonds is 7. The summed E-state index contributed by atoms with van der Waals surface area (Å²) in [4.78, 5) is 26.9. The first kappa shape index (κ1) is 17.6. The third kappa shape index (κ3) is 3.96. The van der Waals surface area contributed by atoms with Crippen LogP contribution < -0.4 is 22.1 Å². The van der Waals surface area contributed by atoms with Gasteiger partial charge >= 0.3 is 0 Å². The quantitative estimate of drug-likeness (QED) is 0.596. The van der Waals surface area contributed by atoms with E-state index in [1.807, 2.05) is 0 Å².